The quantitative estimate of drug-likeness (QED) is 0.711. The van der Waals surface area contributed by atoms with Crippen molar-refractivity contribution < 1.29 is 9.59 Å². The first-order valence-electron chi connectivity index (χ1n) is 9.41. The van der Waals surface area contributed by atoms with E-state index < -0.39 is 0 Å². The van der Waals surface area contributed by atoms with E-state index in [4.69, 9.17) is 23.2 Å². The number of nitrogens with one attached hydrogen (secondary N) is 2. The van der Waals surface area contributed by atoms with E-state index in [-0.39, 0.29) is 18.4 Å². The first-order chi connectivity index (χ1) is 13.5. The van der Waals surface area contributed by atoms with Gasteiger partial charge in [-0.05, 0) is 43.2 Å². The highest BCUT2D eigenvalue weighted by Gasteiger charge is 2.17. The summed E-state index contributed by atoms with van der Waals surface area (Å²) in [7, 11) is 0. The lowest BCUT2D eigenvalue weighted by Gasteiger charge is -2.20. The highest BCUT2D eigenvalue weighted by Crippen LogP contribution is 2.29. The Bertz CT molecular complexity index is 849. The van der Waals surface area contributed by atoms with Crippen molar-refractivity contribution in [2.24, 2.45) is 0 Å². The van der Waals surface area contributed by atoms with E-state index in [0.29, 0.717) is 27.0 Å². The molecule has 2 aromatic rings. The third-order valence-electron chi connectivity index (χ3n) is 4.68. The Balaban J connectivity index is 1.59. The lowest BCUT2D eigenvalue weighted by molar-refractivity contribution is -0.114. The molecule has 148 valence electrons. The minimum atomic E-state index is -0.256. The molecule has 1 saturated heterocycles. The smallest absolute Gasteiger partial charge is 0.253 e. The molecule has 0 aromatic heterocycles. The van der Waals surface area contributed by atoms with Crippen molar-refractivity contribution in [1.82, 2.24) is 4.90 Å². The van der Waals surface area contributed by atoms with Gasteiger partial charge in [-0.15, -0.1) is 0 Å². The molecule has 0 spiro atoms. The van der Waals surface area contributed by atoms with Crippen LogP contribution in [0.5, 0.6) is 0 Å². The lowest BCUT2D eigenvalue weighted by atomic mass is 10.1. The average Bonchev–Trinajstić information content (AvgIpc) is 2.99. The molecular formula is C21H23Cl2N3O2. The monoisotopic (exact) mass is 419 g/mol. The van der Waals surface area contributed by atoms with Crippen LogP contribution < -0.4 is 10.6 Å². The fourth-order valence-electron chi connectivity index (χ4n) is 3.20. The fraction of sp³-hybridized carbons (Fsp3) is 0.333. The predicted molar refractivity (Wildman–Crippen MR) is 114 cm³/mol. The zero-order chi connectivity index (χ0) is 19.9. The summed E-state index contributed by atoms with van der Waals surface area (Å²) in [6, 6.07) is 12.3. The van der Waals surface area contributed by atoms with Crippen molar-refractivity contribution in [2.45, 2.75) is 25.7 Å². The number of anilines is 2. The van der Waals surface area contributed by atoms with Crippen molar-refractivity contribution in [3.63, 3.8) is 0 Å². The topological polar surface area (TPSA) is 61.4 Å². The summed E-state index contributed by atoms with van der Waals surface area (Å²) in [5.74, 6) is -0.214. The Morgan fingerprint density at radius 1 is 0.964 bits per heavy atom. The number of hydrogen-bond acceptors (Lipinski definition) is 3. The second-order valence-corrected chi connectivity index (χ2v) is 7.58. The zero-order valence-corrected chi connectivity index (χ0v) is 17.0. The summed E-state index contributed by atoms with van der Waals surface area (Å²) in [6.07, 6.45) is 4.46. The van der Waals surface area contributed by atoms with Crippen molar-refractivity contribution in [2.75, 3.05) is 30.3 Å². The molecule has 0 aliphatic carbocycles. The van der Waals surface area contributed by atoms with Crippen LogP contribution in [-0.4, -0.2) is 36.3 Å². The summed E-state index contributed by atoms with van der Waals surface area (Å²) in [5.41, 5.74) is 1.81. The normalized spacial score (nSPS) is 14.3. The minimum absolute atomic E-state index is 0.0423. The maximum Gasteiger partial charge on any atom is 0.253 e. The second kappa shape index (κ2) is 9.80. The van der Waals surface area contributed by atoms with Crippen LogP contribution in [0.2, 0.25) is 10.0 Å². The van der Waals surface area contributed by atoms with Crippen molar-refractivity contribution in [3.05, 3.63) is 58.1 Å². The van der Waals surface area contributed by atoms with Crippen molar-refractivity contribution in [1.29, 1.82) is 0 Å². The highest BCUT2D eigenvalue weighted by atomic mass is 35.5. The number of rotatable bonds is 5. The maximum atomic E-state index is 12.7. The van der Waals surface area contributed by atoms with Gasteiger partial charge >= 0.3 is 0 Å². The number of carbonyl (C=O) groups is 2. The van der Waals surface area contributed by atoms with Gasteiger partial charge in [-0.3, -0.25) is 9.59 Å². The summed E-state index contributed by atoms with van der Waals surface area (Å²) in [4.78, 5) is 26.9. The molecule has 0 saturated carbocycles. The summed E-state index contributed by atoms with van der Waals surface area (Å²) in [6.45, 7) is 1.66. The molecule has 2 N–H and O–H groups in total. The summed E-state index contributed by atoms with van der Waals surface area (Å²) < 4.78 is 0. The van der Waals surface area contributed by atoms with Gasteiger partial charge in [0, 0.05) is 24.3 Å². The molecule has 2 aromatic carbocycles. The van der Waals surface area contributed by atoms with Crippen LogP contribution in [-0.2, 0) is 4.79 Å². The van der Waals surface area contributed by atoms with E-state index in [9.17, 15) is 9.59 Å². The van der Waals surface area contributed by atoms with Gasteiger partial charge in [-0.1, -0.05) is 48.2 Å². The predicted octanol–water partition coefficient (Wildman–Crippen LogP) is 5.06. The van der Waals surface area contributed by atoms with Crippen LogP contribution in [0, 0.1) is 0 Å². The van der Waals surface area contributed by atoms with E-state index in [1.54, 1.807) is 24.3 Å². The number of benzene rings is 2. The molecule has 1 aliphatic rings. The number of halogens is 2. The van der Waals surface area contributed by atoms with E-state index in [1.807, 2.05) is 23.1 Å². The molecule has 0 bridgehead atoms. The Labute approximate surface area is 175 Å². The van der Waals surface area contributed by atoms with Crippen LogP contribution in [0.4, 0.5) is 11.4 Å². The Morgan fingerprint density at radius 3 is 2.43 bits per heavy atom. The Morgan fingerprint density at radius 2 is 1.68 bits per heavy atom. The Kier molecular flexibility index (Phi) is 7.18. The van der Waals surface area contributed by atoms with Crippen LogP contribution in [0.3, 0.4) is 0 Å². The van der Waals surface area contributed by atoms with Gasteiger partial charge in [0.15, 0.2) is 0 Å². The van der Waals surface area contributed by atoms with Crippen molar-refractivity contribution >= 4 is 46.4 Å². The minimum Gasteiger partial charge on any atom is -0.376 e. The van der Waals surface area contributed by atoms with E-state index in [1.165, 1.54) is 12.8 Å². The molecule has 0 unspecified atom stereocenters. The van der Waals surface area contributed by atoms with Gasteiger partial charge in [-0.2, -0.15) is 0 Å². The molecule has 2 amide bonds. The third kappa shape index (κ3) is 5.40. The number of hydrogen-bond donors (Lipinski definition) is 2. The van der Waals surface area contributed by atoms with E-state index in [0.717, 1.165) is 25.9 Å². The van der Waals surface area contributed by atoms with Crippen LogP contribution in [0.25, 0.3) is 0 Å². The van der Waals surface area contributed by atoms with E-state index >= 15 is 0 Å². The maximum absolute atomic E-state index is 12.7. The van der Waals surface area contributed by atoms with Gasteiger partial charge < -0.3 is 15.5 Å². The highest BCUT2D eigenvalue weighted by molar-refractivity contribution is 6.44. The fourth-order valence-corrected chi connectivity index (χ4v) is 3.54. The molecule has 1 fully saturated rings. The number of likely N-dealkylation sites (tertiary alicyclic amines) is 1. The molecule has 0 atom stereocenters. The van der Waals surface area contributed by atoms with Crippen LogP contribution in [0.15, 0.2) is 42.5 Å². The molecule has 5 nitrogen and oxygen atoms in total. The van der Waals surface area contributed by atoms with Crippen LogP contribution in [0.1, 0.15) is 36.0 Å². The molecule has 1 aliphatic heterocycles. The number of nitrogens with zero attached hydrogens (tertiary/aromatic N) is 1. The first-order valence-corrected chi connectivity index (χ1v) is 10.2. The van der Waals surface area contributed by atoms with Gasteiger partial charge in [0.2, 0.25) is 5.91 Å². The summed E-state index contributed by atoms with van der Waals surface area (Å²) >= 11 is 12.0. The largest absolute Gasteiger partial charge is 0.376 e. The van der Waals surface area contributed by atoms with E-state index in [2.05, 4.69) is 10.6 Å². The third-order valence-corrected chi connectivity index (χ3v) is 5.50. The number of carbonyl (C=O) groups excluding carboxylic acids is 2. The van der Waals surface area contributed by atoms with Gasteiger partial charge in [0.1, 0.15) is 0 Å². The van der Waals surface area contributed by atoms with Gasteiger partial charge in [-0.25, -0.2) is 0 Å². The van der Waals surface area contributed by atoms with Gasteiger partial charge in [0.05, 0.1) is 22.3 Å². The van der Waals surface area contributed by atoms with Crippen molar-refractivity contribution in [3.8, 4) is 0 Å². The second-order valence-electron chi connectivity index (χ2n) is 6.79. The zero-order valence-electron chi connectivity index (χ0n) is 15.5. The summed E-state index contributed by atoms with van der Waals surface area (Å²) in [5, 5.41) is 6.46. The molecule has 7 heteroatoms. The molecule has 28 heavy (non-hydrogen) atoms. The molecule has 3 rings (SSSR count). The Hall–Kier alpha value is -2.24. The molecular weight excluding hydrogens is 397 g/mol. The van der Waals surface area contributed by atoms with Gasteiger partial charge in [0.25, 0.3) is 5.91 Å². The molecule has 1 heterocycles. The average molecular weight is 420 g/mol. The SMILES string of the molecule is O=C(CNc1cccc(C(=O)N2CCCCCC2)c1)Nc1cccc(Cl)c1Cl. The first kappa shape index (κ1) is 20.5. The number of amides is 2. The van der Waals surface area contributed by atoms with Crippen LogP contribution >= 0.6 is 23.2 Å². The molecule has 0 radical (unpaired) electrons. The lowest BCUT2D eigenvalue weighted by Crippen LogP contribution is -2.31. The standard InChI is InChI=1S/C21H23Cl2N3O2/c22-17-9-6-10-18(20(17)23)25-19(27)14-24-16-8-5-7-15(13-16)21(28)26-11-3-1-2-4-12-26/h5-10,13,24H,1-4,11-12,14H2,(H,25,27).